The molecular weight excluding hydrogens is 342 g/mol. The molecule has 1 heterocycles. The molecule has 0 amide bonds. The summed E-state index contributed by atoms with van der Waals surface area (Å²) in [5.41, 5.74) is 3.43. The predicted octanol–water partition coefficient (Wildman–Crippen LogP) is 3.71. The second kappa shape index (κ2) is 7.91. The first-order chi connectivity index (χ1) is 13.1. The summed E-state index contributed by atoms with van der Waals surface area (Å²) in [6, 6.07) is 17.1. The van der Waals surface area contributed by atoms with E-state index in [0.717, 1.165) is 16.8 Å². The van der Waals surface area contributed by atoms with Crippen molar-refractivity contribution in [3.05, 3.63) is 89.3 Å². The van der Waals surface area contributed by atoms with Gasteiger partial charge in [0.15, 0.2) is 0 Å². The molecule has 27 heavy (non-hydrogen) atoms. The largest absolute Gasteiger partial charge is 0.466 e. The quantitative estimate of drug-likeness (QED) is 0.775. The van der Waals surface area contributed by atoms with Crippen molar-refractivity contribution in [1.82, 2.24) is 0 Å². The summed E-state index contributed by atoms with van der Waals surface area (Å²) in [6.45, 7) is 1.97. The van der Waals surface area contributed by atoms with Gasteiger partial charge < -0.3 is 14.4 Å². The first-order valence-corrected chi connectivity index (χ1v) is 8.55. The monoisotopic (exact) mass is 363 g/mol. The van der Waals surface area contributed by atoms with Crippen LogP contribution in [0.2, 0.25) is 0 Å². The molecule has 5 heteroatoms. The average Bonchev–Trinajstić information content (AvgIpc) is 2.72. The van der Waals surface area contributed by atoms with Crippen LogP contribution in [0.5, 0.6) is 0 Å². The van der Waals surface area contributed by atoms with E-state index in [1.54, 1.807) is 17.3 Å². The number of aryl methyl sites for hydroxylation is 1. The van der Waals surface area contributed by atoms with Crippen LogP contribution in [-0.4, -0.2) is 26.2 Å². The van der Waals surface area contributed by atoms with Gasteiger partial charge in [0.05, 0.1) is 31.3 Å². The van der Waals surface area contributed by atoms with Crippen molar-refractivity contribution in [3.8, 4) is 0 Å². The van der Waals surface area contributed by atoms with Gasteiger partial charge in [0.25, 0.3) is 0 Å². The van der Waals surface area contributed by atoms with Crippen LogP contribution < -0.4 is 4.90 Å². The minimum absolute atomic E-state index is 0.370. The summed E-state index contributed by atoms with van der Waals surface area (Å²) in [5.74, 6) is -1.54. The maximum atomic E-state index is 12.6. The Morgan fingerprint density at radius 2 is 1.33 bits per heavy atom. The van der Waals surface area contributed by atoms with Crippen molar-refractivity contribution in [2.24, 2.45) is 0 Å². The van der Waals surface area contributed by atoms with Crippen LogP contribution in [0.25, 0.3) is 0 Å². The molecule has 0 spiro atoms. The van der Waals surface area contributed by atoms with E-state index in [1.807, 2.05) is 61.5 Å². The van der Waals surface area contributed by atoms with Crippen molar-refractivity contribution >= 4 is 17.6 Å². The molecule has 1 aliphatic rings. The van der Waals surface area contributed by atoms with Crippen LogP contribution in [0.15, 0.2) is 78.1 Å². The van der Waals surface area contributed by atoms with Gasteiger partial charge in [0.2, 0.25) is 0 Å². The number of hydrogen-bond donors (Lipinski definition) is 0. The molecule has 138 valence electrons. The predicted molar refractivity (Wildman–Crippen MR) is 103 cm³/mol. The molecule has 1 aliphatic heterocycles. The van der Waals surface area contributed by atoms with E-state index < -0.39 is 17.9 Å². The third-order valence-electron chi connectivity index (χ3n) is 4.55. The Morgan fingerprint density at radius 1 is 0.815 bits per heavy atom. The van der Waals surface area contributed by atoms with Crippen LogP contribution in [-0.2, 0) is 19.1 Å². The molecule has 0 N–H and O–H groups in total. The lowest BCUT2D eigenvalue weighted by molar-refractivity contribution is -0.137. The highest BCUT2D eigenvalue weighted by atomic mass is 16.5. The van der Waals surface area contributed by atoms with Crippen molar-refractivity contribution in [2.75, 3.05) is 19.1 Å². The van der Waals surface area contributed by atoms with Crippen LogP contribution in [0.3, 0.4) is 0 Å². The van der Waals surface area contributed by atoms with Gasteiger partial charge in [-0.3, -0.25) is 0 Å². The van der Waals surface area contributed by atoms with E-state index in [9.17, 15) is 9.59 Å². The van der Waals surface area contributed by atoms with E-state index in [4.69, 9.17) is 9.47 Å². The standard InChI is InChI=1S/C22H21NO4/c1-15-9-7-8-12-19(15)23-13-17(21(24)26-2)20(16-10-5-4-6-11-16)18(14-23)22(25)27-3/h4-14,20H,1-3H3. The number of methoxy groups -OCH3 is 2. The normalized spacial score (nSPS) is 14.3. The van der Waals surface area contributed by atoms with Gasteiger partial charge in [0.1, 0.15) is 0 Å². The summed E-state index contributed by atoms with van der Waals surface area (Å²) in [4.78, 5) is 26.9. The Hall–Kier alpha value is -3.34. The Labute approximate surface area is 158 Å². The van der Waals surface area contributed by atoms with Crippen molar-refractivity contribution < 1.29 is 19.1 Å². The van der Waals surface area contributed by atoms with Gasteiger partial charge in [-0.15, -0.1) is 0 Å². The first-order valence-electron chi connectivity index (χ1n) is 8.55. The SMILES string of the molecule is COC(=O)C1=CN(c2ccccc2C)C=C(C(=O)OC)C1c1ccccc1. The zero-order valence-corrected chi connectivity index (χ0v) is 15.5. The van der Waals surface area contributed by atoms with Gasteiger partial charge >= 0.3 is 11.9 Å². The number of carbonyl (C=O) groups excluding carboxylic acids is 2. The van der Waals surface area contributed by atoms with Crippen LogP contribution >= 0.6 is 0 Å². The highest BCUT2D eigenvalue weighted by molar-refractivity contribution is 6.00. The zero-order chi connectivity index (χ0) is 19.4. The van der Waals surface area contributed by atoms with E-state index >= 15 is 0 Å². The number of hydrogen-bond acceptors (Lipinski definition) is 5. The fourth-order valence-corrected chi connectivity index (χ4v) is 3.23. The summed E-state index contributed by atoms with van der Waals surface area (Å²) in [6.07, 6.45) is 3.44. The molecule has 0 saturated carbocycles. The molecule has 0 saturated heterocycles. The molecule has 3 rings (SSSR count). The Kier molecular flexibility index (Phi) is 5.41. The van der Waals surface area contributed by atoms with Gasteiger partial charge in [-0.25, -0.2) is 9.59 Å². The molecule has 0 aromatic heterocycles. The molecule has 0 aliphatic carbocycles. The summed E-state index contributed by atoms with van der Waals surface area (Å²) >= 11 is 0. The van der Waals surface area contributed by atoms with Gasteiger partial charge in [-0.1, -0.05) is 48.5 Å². The molecule has 0 atom stereocenters. The fraction of sp³-hybridized carbons (Fsp3) is 0.182. The van der Waals surface area contributed by atoms with Crippen molar-refractivity contribution in [3.63, 3.8) is 0 Å². The fourth-order valence-electron chi connectivity index (χ4n) is 3.23. The number of nitrogens with zero attached hydrogens (tertiary/aromatic N) is 1. The highest BCUT2D eigenvalue weighted by Crippen LogP contribution is 2.38. The smallest absolute Gasteiger partial charge is 0.336 e. The number of para-hydroxylation sites is 1. The second-order valence-electron chi connectivity index (χ2n) is 6.19. The molecule has 2 aromatic carbocycles. The molecule has 2 aromatic rings. The average molecular weight is 363 g/mol. The second-order valence-corrected chi connectivity index (χ2v) is 6.19. The van der Waals surface area contributed by atoms with Crippen LogP contribution in [0.4, 0.5) is 5.69 Å². The Balaban J connectivity index is 2.19. The number of esters is 2. The van der Waals surface area contributed by atoms with E-state index in [0.29, 0.717) is 11.1 Å². The summed E-state index contributed by atoms with van der Waals surface area (Å²) in [5, 5.41) is 0. The number of ether oxygens (including phenoxy) is 2. The number of rotatable bonds is 4. The Morgan fingerprint density at radius 3 is 1.85 bits per heavy atom. The van der Waals surface area contributed by atoms with Crippen LogP contribution in [0.1, 0.15) is 17.0 Å². The minimum Gasteiger partial charge on any atom is -0.466 e. The van der Waals surface area contributed by atoms with Gasteiger partial charge in [0, 0.05) is 18.1 Å². The molecule has 0 radical (unpaired) electrons. The summed E-state index contributed by atoms with van der Waals surface area (Å²) < 4.78 is 10.0. The lowest BCUT2D eigenvalue weighted by Gasteiger charge is -2.30. The maximum Gasteiger partial charge on any atom is 0.336 e. The number of benzene rings is 2. The molecule has 5 nitrogen and oxygen atoms in total. The third kappa shape index (κ3) is 3.62. The lowest BCUT2D eigenvalue weighted by Crippen LogP contribution is -2.28. The minimum atomic E-state index is -0.564. The van der Waals surface area contributed by atoms with Crippen molar-refractivity contribution in [2.45, 2.75) is 12.8 Å². The highest BCUT2D eigenvalue weighted by Gasteiger charge is 2.35. The Bertz CT molecular complexity index is 881. The molecule has 0 unspecified atom stereocenters. The maximum absolute atomic E-state index is 12.6. The molecule has 0 bridgehead atoms. The third-order valence-corrected chi connectivity index (χ3v) is 4.55. The number of carbonyl (C=O) groups is 2. The van der Waals surface area contributed by atoms with E-state index in [1.165, 1.54) is 14.2 Å². The zero-order valence-electron chi connectivity index (χ0n) is 15.5. The van der Waals surface area contributed by atoms with Crippen molar-refractivity contribution in [1.29, 1.82) is 0 Å². The van der Waals surface area contributed by atoms with E-state index in [2.05, 4.69) is 0 Å². The lowest BCUT2D eigenvalue weighted by atomic mass is 9.83. The van der Waals surface area contributed by atoms with Crippen LogP contribution in [0, 0.1) is 6.92 Å². The van der Waals surface area contributed by atoms with Gasteiger partial charge in [-0.2, -0.15) is 0 Å². The molecular formula is C22H21NO4. The van der Waals surface area contributed by atoms with E-state index in [-0.39, 0.29) is 0 Å². The van der Waals surface area contributed by atoms with Gasteiger partial charge in [-0.05, 0) is 24.1 Å². The summed E-state index contributed by atoms with van der Waals surface area (Å²) in [7, 11) is 2.67. The number of anilines is 1. The molecule has 0 fully saturated rings. The first kappa shape index (κ1) is 18.5. The topological polar surface area (TPSA) is 55.8 Å².